The number of piperidine rings is 1. The Morgan fingerprint density at radius 3 is 2.95 bits per heavy atom. The molecule has 1 aliphatic heterocycles. The number of hydrogen-bond acceptors (Lipinski definition) is 2. The van der Waals surface area contributed by atoms with Gasteiger partial charge >= 0.3 is 0 Å². The summed E-state index contributed by atoms with van der Waals surface area (Å²) in [5.74, 6) is -0.585. The van der Waals surface area contributed by atoms with Crippen molar-refractivity contribution in [1.82, 2.24) is 10.2 Å². The van der Waals surface area contributed by atoms with Crippen LogP contribution in [-0.4, -0.2) is 36.5 Å². The van der Waals surface area contributed by atoms with Gasteiger partial charge in [-0.1, -0.05) is 11.6 Å². The lowest BCUT2D eigenvalue weighted by atomic mass is 10.0. The fraction of sp³-hybridized carbons (Fsp3) is 0.500. The average molecular weight is 285 g/mol. The quantitative estimate of drug-likeness (QED) is 0.926. The number of nitrogens with zero attached hydrogens (tertiary/aromatic N) is 1. The monoisotopic (exact) mass is 284 g/mol. The van der Waals surface area contributed by atoms with Crippen LogP contribution in [-0.2, 0) is 0 Å². The molecule has 2 rings (SSSR count). The Morgan fingerprint density at radius 1 is 1.58 bits per heavy atom. The normalized spacial score (nSPS) is 19.2. The van der Waals surface area contributed by atoms with Gasteiger partial charge in [0.1, 0.15) is 5.82 Å². The second kappa shape index (κ2) is 6.35. The number of hydrogen-bond donors (Lipinski definition) is 1. The first-order chi connectivity index (χ1) is 9.13. The number of nitrogens with one attached hydrogen (secondary N) is 1. The molecule has 0 saturated carbocycles. The highest BCUT2D eigenvalue weighted by atomic mass is 35.5. The minimum absolute atomic E-state index is 0.0105. The van der Waals surface area contributed by atoms with Crippen LogP contribution in [0, 0.1) is 5.82 Å². The van der Waals surface area contributed by atoms with Crippen molar-refractivity contribution in [2.24, 2.45) is 0 Å². The molecule has 3 nitrogen and oxygen atoms in total. The minimum Gasteiger partial charge on any atom is -0.335 e. The Hall–Kier alpha value is -1.13. The maximum Gasteiger partial charge on any atom is 0.254 e. The van der Waals surface area contributed by atoms with E-state index in [1.807, 2.05) is 11.8 Å². The van der Waals surface area contributed by atoms with Crippen LogP contribution < -0.4 is 5.32 Å². The molecular weight excluding hydrogens is 267 g/mol. The van der Waals surface area contributed by atoms with Gasteiger partial charge in [-0.15, -0.1) is 0 Å². The molecule has 0 aliphatic carbocycles. The average Bonchev–Trinajstić information content (AvgIpc) is 2.44. The second-order valence-electron chi connectivity index (χ2n) is 4.72. The molecule has 1 aromatic carbocycles. The highest BCUT2D eigenvalue weighted by Crippen LogP contribution is 2.19. The third-order valence-electron chi connectivity index (χ3n) is 3.48. The number of halogens is 2. The van der Waals surface area contributed by atoms with Gasteiger partial charge in [0.25, 0.3) is 5.91 Å². The molecule has 5 heteroatoms. The molecule has 1 saturated heterocycles. The van der Waals surface area contributed by atoms with E-state index in [0.29, 0.717) is 12.1 Å². The van der Waals surface area contributed by atoms with E-state index >= 15 is 0 Å². The first-order valence-corrected chi connectivity index (χ1v) is 6.98. The van der Waals surface area contributed by atoms with E-state index in [4.69, 9.17) is 11.6 Å². The van der Waals surface area contributed by atoms with Gasteiger partial charge in [0.15, 0.2) is 0 Å². The maximum atomic E-state index is 13.1. The van der Waals surface area contributed by atoms with Crippen molar-refractivity contribution in [2.75, 3.05) is 19.6 Å². The molecule has 104 valence electrons. The van der Waals surface area contributed by atoms with Gasteiger partial charge in [-0.25, -0.2) is 4.39 Å². The zero-order valence-corrected chi connectivity index (χ0v) is 11.7. The van der Waals surface area contributed by atoms with Crippen LogP contribution in [0.25, 0.3) is 0 Å². The number of likely N-dealkylation sites (N-methyl/N-ethyl adjacent to an activating group) is 1. The molecule has 1 aliphatic rings. The third kappa shape index (κ3) is 3.25. The Labute approximate surface area is 117 Å². The van der Waals surface area contributed by atoms with Crippen molar-refractivity contribution in [3.8, 4) is 0 Å². The summed E-state index contributed by atoms with van der Waals surface area (Å²) < 4.78 is 13.1. The van der Waals surface area contributed by atoms with E-state index in [1.54, 1.807) is 0 Å². The summed E-state index contributed by atoms with van der Waals surface area (Å²) in [6.07, 6.45) is 2.07. The van der Waals surface area contributed by atoms with Crippen molar-refractivity contribution in [3.05, 3.63) is 34.6 Å². The fourth-order valence-corrected chi connectivity index (χ4v) is 2.64. The van der Waals surface area contributed by atoms with Gasteiger partial charge in [-0.05, 0) is 44.5 Å². The summed E-state index contributed by atoms with van der Waals surface area (Å²) in [5.41, 5.74) is 0.443. The number of amides is 1. The molecule has 19 heavy (non-hydrogen) atoms. The Morgan fingerprint density at radius 2 is 2.37 bits per heavy atom. The number of benzene rings is 1. The molecule has 1 heterocycles. The topological polar surface area (TPSA) is 32.3 Å². The van der Waals surface area contributed by atoms with Crippen LogP contribution in [0.3, 0.4) is 0 Å². The van der Waals surface area contributed by atoms with Crippen molar-refractivity contribution in [3.63, 3.8) is 0 Å². The molecule has 1 unspecified atom stereocenters. The van der Waals surface area contributed by atoms with E-state index in [9.17, 15) is 9.18 Å². The number of rotatable bonds is 3. The van der Waals surface area contributed by atoms with Gasteiger partial charge in [0.2, 0.25) is 0 Å². The lowest BCUT2D eigenvalue weighted by molar-refractivity contribution is 0.0662. The standard InChI is InChI=1S/C14H18ClFN2O/c1-2-18(11-4-3-7-17-9-11)14(19)10-5-6-13(16)12(15)8-10/h5-6,8,11,17H,2-4,7,9H2,1H3. The largest absolute Gasteiger partial charge is 0.335 e. The van der Waals surface area contributed by atoms with Crippen molar-refractivity contribution in [2.45, 2.75) is 25.8 Å². The van der Waals surface area contributed by atoms with Crippen LogP contribution >= 0.6 is 11.6 Å². The molecule has 1 aromatic rings. The van der Waals surface area contributed by atoms with Crippen LogP contribution in [0.4, 0.5) is 4.39 Å². The van der Waals surface area contributed by atoms with Gasteiger partial charge in [-0.2, -0.15) is 0 Å². The maximum absolute atomic E-state index is 13.1. The minimum atomic E-state index is -0.499. The van der Waals surface area contributed by atoms with Crippen LogP contribution in [0.2, 0.25) is 5.02 Å². The van der Waals surface area contributed by atoms with Crippen molar-refractivity contribution >= 4 is 17.5 Å². The van der Waals surface area contributed by atoms with Crippen LogP contribution in [0.5, 0.6) is 0 Å². The summed E-state index contributed by atoms with van der Waals surface area (Å²) >= 11 is 5.73. The smallest absolute Gasteiger partial charge is 0.254 e. The van der Waals surface area contributed by atoms with E-state index in [2.05, 4.69) is 5.32 Å². The van der Waals surface area contributed by atoms with Crippen molar-refractivity contribution in [1.29, 1.82) is 0 Å². The molecular formula is C14H18ClFN2O. The number of carbonyl (C=O) groups excluding carboxylic acids is 1. The molecule has 0 spiro atoms. The van der Waals surface area contributed by atoms with Crippen molar-refractivity contribution < 1.29 is 9.18 Å². The molecule has 1 atom stereocenters. The predicted octanol–water partition coefficient (Wildman–Crippen LogP) is 2.69. The summed E-state index contributed by atoms with van der Waals surface area (Å²) in [6.45, 7) is 4.41. The van der Waals surface area contributed by atoms with Gasteiger partial charge < -0.3 is 10.2 Å². The summed E-state index contributed by atoms with van der Waals surface area (Å²) in [6, 6.07) is 4.33. The third-order valence-corrected chi connectivity index (χ3v) is 3.77. The van der Waals surface area contributed by atoms with E-state index < -0.39 is 5.82 Å². The summed E-state index contributed by atoms with van der Waals surface area (Å²) in [4.78, 5) is 14.3. The first kappa shape index (κ1) is 14.3. The number of carbonyl (C=O) groups is 1. The Bertz CT molecular complexity index is 461. The van der Waals surface area contributed by atoms with Gasteiger partial charge in [-0.3, -0.25) is 4.79 Å². The highest BCUT2D eigenvalue weighted by Gasteiger charge is 2.25. The van der Waals surface area contributed by atoms with Gasteiger partial charge in [0, 0.05) is 24.7 Å². The first-order valence-electron chi connectivity index (χ1n) is 6.60. The second-order valence-corrected chi connectivity index (χ2v) is 5.13. The summed E-state index contributed by atoms with van der Waals surface area (Å²) in [7, 11) is 0. The van der Waals surface area contributed by atoms with Crippen LogP contribution in [0.1, 0.15) is 30.1 Å². The SMILES string of the molecule is CCN(C(=O)c1ccc(F)c(Cl)c1)C1CCCNC1. The molecule has 1 fully saturated rings. The fourth-order valence-electron chi connectivity index (χ4n) is 2.46. The lowest BCUT2D eigenvalue weighted by Gasteiger charge is -2.34. The summed E-state index contributed by atoms with van der Waals surface area (Å²) in [5, 5.41) is 3.29. The molecule has 0 aromatic heterocycles. The molecule has 1 N–H and O–H groups in total. The lowest BCUT2D eigenvalue weighted by Crippen LogP contribution is -2.48. The molecule has 1 amide bonds. The molecule has 0 radical (unpaired) electrons. The Balaban J connectivity index is 2.17. The zero-order chi connectivity index (χ0) is 13.8. The van der Waals surface area contributed by atoms with E-state index in [0.717, 1.165) is 25.9 Å². The predicted molar refractivity (Wildman–Crippen MR) is 74.0 cm³/mol. The van der Waals surface area contributed by atoms with E-state index in [1.165, 1.54) is 18.2 Å². The highest BCUT2D eigenvalue weighted by molar-refractivity contribution is 6.31. The van der Waals surface area contributed by atoms with Gasteiger partial charge in [0.05, 0.1) is 5.02 Å². The zero-order valence-electron chi connectivity index (χ0n) is 11.0. The van der Waals surface area contributed by atoms with Crippen LogP contribution in [0.15, 0.2) is 18.2 Å². The Kier molecular flexibility index (Phi) is 4.77. The van der Waals surface area contributed by atoms with E-state index in [-0.39, 0.29) is 17.0 Å². The molecule has 0 bridgehead atoms.